The van der Waals surface area contributed by atoms with Crippen LogP contribution in [-0.4, -0.2) is 19.6 Å². The fourth-order valence-corrected chi connectivity index (χ4v) is 2.53. The van der Waals surface area contributed by atoms with Crippen molar-refractivity contribution in [3.8, 4) is 11.5 Å². The van der Waals surface area contributed by atoms with Gasteiger partial charge in [0.2, 0.25) is 0 Å². The number of carbonyl (C=O) groups excluding carboxylic acids is 1. The average Bonchev–Trinajstić information content (AvgIpc) is 2.56. The van der Waals surface area contributed by atoms with Gasteiger partial charge in [0, 0.05) is 17.3 Å². The highest BCUT2D eigenvalue weighted by Crippen LogP contribution is 2.37. The van der Waals surface area contributed by atoms with Crippen molar-refractivity contribution in [1.82, 2.24) is 0 Å². The van der Waals surface area contributed by atoms with E-state index in [2.05, 4.69) is 21.2 Å². The summed E-state index contributed by atoms with van der Waals surface area (Å²) in [6.45, 7) is 2.49. The van der Waals surface area contributed by atoms with Crippen molar-refractivity contribution in [2.75, 3.05) is 19.0 Å². The van der Waals surface area contributed by atoms with Gasteiger partial charge in [0.25, 0.3) is 5.91 Å². The smallest absolute Gasteiger partial charge is 0.255 e. The second kappa shape index (κ2) is 8.10. The highest BCUT2D eigenvalue weighted by atomic mass is 79.9. The lowest BCUT2D eigenvalue weighted by molar-refractivity contribution is 0.102. The zero-order valence-electron chi connectivity index (χ0n) is 13.2. The molecule has 0 aromatic heterocycles. The lowest BCUT2D eigenvalue weighted by atomic mass is 10.1. The number of rotatable bonds is 6. The maximum absolute atomic E-state index is 13.2. The number of amides is 1. The summed E-state index contributed by atoms with van der Waals surface area (Å²) in [5.41, 5.74) is 0.438. The number of ether oxygens (including phenoxy) is 2. The molecule has 2 aromatic carbocycles. The molecule has 0 unspecified atom stereocenters. The minimum atomic E-state index is -1.03. The monoisotopic (exact) mass is 399 g/mol. The molecule has 24 heavy (non-hydrogen) atoms. The van der Waals surface area contributed by atoms with Crippen molar-refractivity contribution in [2.24, 2.45) is 0 Å². The first-order valence-electron chi connectivity index (χ1n) is 7.23. The third-order valence-electron chi connectivity index (χ3n) is 3.12. The normalized spacial score (nSPS) is 10.4. The van der Waals surface area contributed by atoms with E-state index in [0.717, 1.165) is 18.6 Å². The van der Waals surface area contributed by atoms with Crippen molar-refractivity contribution in [1.29, 1.82) is 0 Å². The molecule has 0 bridgehead atoms. The molecule has 0 heterocycles. The van der Waals surface area contributed by atoms with Crippen LogP contribution in [0.5, 0.6) is 11.5 Å². The van der Waals surface area contributed by atoms with Crippen LogP contribution < -0.4 is 14.8 Å². The SMILES string of the molecule is CCCOc1c(Br)cc(C(=O)Nc2ccc(F)c(F)c2)cc1OC. The van der Waals surface area contributed by atoms with Gasteiger partial charge in [0.15, 0.2) is 23.1 Å². The maximum Gasteiger partial charge on any atom is 0.255 e. The van der Waals surface area contributed by atoms with Gasteiger partial charge in [-0.3, -0.25) is 4.79 Å². The summed E-state index contributed by atoms with van der Waals surface area (Å²) >= 11 is 3.35. The van der Waals surface area contributed by atoms with Crippen LogP contribution >= 0.6 is 15.9 Å². The molecule has 7 heteroatoms. The summed E-state index contributed by atoms with van der Waals surface area (Å²) < 4.78 is 37.6. The number of anilines is 1. The van der Waals surface area contributed by atoms with E-state index in [4.69, 9.17) is 9.47 Å². The topological polar surface area (TPSA) is 47.6 Å². The molecule has 0 aliphatic rings. The van der Waals surface area contributed by atoms with E-state index >= 15 is 0 Å². The molecule has 2 rings (SSSR count). The highest BCUT2D eigenvalue weighted by molar-refractivity contribution is 9.10. The highest BCUT2D eigenvalue weighted by Gasteiger charge is 2.16. The zero-order chi connectivity index (χ0) is 17.7. The predicted octanol–water partition coefficient (Wildman–Crippen LogP) is 4.78. The largest absolute Gasteiger partial charge is 0.493 e. The number of hydrogen-bond donors (Lipinski definition) is 1. The molecule has 0 saturated heterocycles. The van der Waals surface area contributed by atoms with Crippen molar-refractivity contribution in [3.05, 3.63) is 52.0 Å². The summed E-state index contributed by atoms with van der Waals surface area (Å²) in [4.78, 5) is 12.3. The fourth-order valence-electron chi connectivity index (χ4n) is 1.97. The molecule has 0 saturated carbocycles. The van der Waals surface area contributed by atoms with Crippen molar-refractivity contribution >= 4 is 27.5 Å². The number of carbonyl (C=O) groups is 1. The number of benzene rings is 2. The van der Waals surface area contributed by atoms with Gasteiger partial charge in [-0.25, -0.2) is 8.78 Å². The second-order valence-electron chi connectivity index (χ2n) is 4.92. The standard InChI is InChI=1S/C17H16BrF2NO3/c1-3-6-24-16-12(18)7-10(8-15(16)23-2)17(22)21-11-4-5-13(19)14(20)9-11/h4-5,7-9H,3,6H2,1-2H3,(H,21,22). The Bertz CT molecular complexity index is 753. The van der Waals surface area contributed by atoms with Gasteiger partial charge in [0.05, 0.1) is 18.2 Å². The molecule has 0 atom stereocenters. The Morgan fingerprint density at radius 3 is 2.58 bits per heavy atom. The van der Waals surface area contributed by atoms with E-state index in [1.165, 1.54) is 19.2 Å². The molecular formula is C17H16BrF2NO3. The third kappa shape index (κ3) is 4.23. The molecule has 128 valence electrons. The Morgan fingerprint density at radius 1 is 1.21 bits per heavy atom. The van der Waals surface area contributed by atoms with Crippen LogP contribution in [0.4, 0.5) is 14.5 Å². The molecule has 0 aliphatic heterocycles. The minimum absolute atomic E-state index is 0.153. The van der Waals surface area contributed by atoms with Gasteiger partial charge in [-0.05, 0) is 46.6 Å². The molecule has 1 amide bonds. The minimum Gasteiger partial charge on any atom is -0.493 e. The number of halogens is 3. The van der Waals surface area contributed by atoms with E-state index in [1.54, 1.807) is 6.07 Å². The van der Waals surface area contributed by atoms with Gasteiger partial charge in [0.1, 0.15) is 0 Å². The van der Waals surface area contributed by atoms with Crippen LogP contribution in [0.3, 0.4) is 0 Å². The lowest BCUT2D eigenvalue weighted by Crippen LogP contribution is -2.13. The van der Waals surface area contributed by atoms with Gasteiger partial charge >= 0.3 is 0 Å². The van der Waals surface area contributed by atoms with Gasteiger partial charge in [-0.2, -0.15) is 0 Å². The number of methoxy groups -OCH3 is 1. The molecule has 2 aromatic rings. The third-order valence-corrected chi connectivity index (χ3v) is 3.71. The molecular weight excluding hydrogens is 384 g/mol. The summed E-state index contributed by atoms with van der Waals surface area (Å²) in [5.74, 6) is -1.59. The molecule has 0 radical (unpaired) electrons. The molecule has 4 nitrogen and oxygen atoms in total. The molecule has 0 fully saturated rings. The maximum atomic E-state index is 13.2. The van der Waals surface area contributed by atoms with E-state index < -0.39 is 17.5 Å². The first kappa shape index (κ1) is 18.2. The Kier molecular flexibility index (Phi) is 6.14. The van der Waals surface area contributed by atoms with E-state index in [-0.39, 0.29) is 11.3 Å². The van der Waals surface area contributed by atoms with Crippen LogP contribution in [0.25, 0.3) is 0 Å². The lowest BCUT2D eigenvalue weighted by Gasteiger charge is -2.14. The molecule has 0 aliphatic carbocycles. The van der Waals surface area contributed by atoms with Crippen LogP contribution in [0.2, 0.25) is 0 Å². The Morgan fingerprint density at radius 2 is 1.96 bits per heavy atom. The molecule has 1 N–H and O–H groups in total. The van der Waals surface area contributed by atoms with Gasteiger partial charge in [-0.15, -0.1) is 0 Å². The number of hydrogen-bond acceptors (Lipinski definition) is 3. The zero-order valence-corrected chi connectivity index (χ0v) is 14.7. The first-order valence-corrected chi connectivity index (χ1v) is 8.02. The fraction of sp³-hybridized carbons (Fsp3) is 0.235. The van der Waals surface area contributed by atoms with Gasteiger partial charge in [-0.1, -0.05) is 6.92 Å². The van der Waals surface area contributed by atoms with Crippen LogP contribution in [-0.2, 0) is 0 Å². The number of nitrogens with one attached hydrogen (secondary N) is 1. The summed E-state index contributed by atoms with van der Waals surface area (Å²) in [6.07, 6.45) is 0.827. The first-order chi connectivity index (χ1) is 11.5. The van der Waals surface area contributed by atoms with Crippen molar-refractivity contribution in [3.63, 3.8) is 0 Å². The Balaban J connectivity index is 2.25. The van der Waals surface area contributed by atoms with E-state index in [1.807, 2.05) is 6.92 Å². The second-order valence-corrected chi connectivity index (χ2v) is 5.78. The molecule has 0 spiro atoms. The summed E-state index contributed by atoms with van der Waals surface area (Å²) in [6, 6.07) is 6.23. The Labute approximate surface area is 146 Å². The van der Waals surface area contributed by atoms with Crippen molar-refractivity contribution < 1.29 is 23.0 Å². The van der Waals surface area contributed by atoms with Crippen molar-refractivity contribution in [2.45, 2.75) is 13.3 Å². The Hall–Kier alpha value is -2.15. The van der Waals surface area contributed by atoms with Crippen LogP contribution in [0.1, 0.15) is 23.7 Å². The predicted molar refractivity (Wildman–Crippen MR) is 90.8 cm³/mol. The summed E-state index contributed by atoms with van der Waals surface area (Å²) in [5, 5.41) is 2.50. The van der Waals surface area contributed by atoms with E-state index in [0.29, 0.717) is 22.6 Å². The van der Waals surface area contributed by atoms with E-state index in [9.17, 15) is 13.6 Å². The van der Waals surface area contributed by atoms with Crippen LogP contribution in [0.15, 0.2) is 34.8 Å². The summed E-state index contributed by atoms with van der Waals surface area (Å²) in [7, 11) is 1.47. The van der Waals surface area contributed by atoms with Crippen LogP contribution in [0, 0.1) is 11.6 Å². The quantitative estimate of drug-likeness (QED) is 0.760. The average molecular weight is 400 g/mol. The van der Waals surface area contributed by atoms with Gasteiger partial charge < -0.3 is 14.8 Å².